The van der Waals surface area contributed by atoms with Crippen molar-refractivity contribution >= 4 is 45.8 Å². The minimum atomic E-state index is -0.0998. The van der Waals surface area contributed by atoms with Gasteiger partial charge in [-0.1, -0.05) is 0 Å². The van der Waals surface area contributed by atoms with Gasteiger partial charge in [0.2, 0.25) is 5.91 Å². The fourth-order valence-electron chi connectivity index (χ4n) is 1.13. The Kier molecular flexibility index (Phi) is 2.69. The van der Waals surface area contributed by atoms with Gasteiger partial charge in [-0.3, -0.25) is 4.79 Å². The number of rotatable bonds is 2. The number of hydrogen-bond acceptors (Lipinski definition) is 4. The van der Waals surface area contributed by atoms with Crippen LogP contribution in [0.15, 0.2) is 23.7 Å². The third-order valence-corrected chi connectivity index (χ3v) is 2.84. The molecule has 0 fully saturated rings. The highest BCUT2D eigenvalue weighted by Crippen LogP contribution is 2.21. The standard InChI is InChI=1S/C9H8N2OS2/c12-9(4-13)11-6-1-2-7-8(3-6)14-5-10-7/h1-3,5,13H,4H2,(H,11,12). The van der Waals surface area contributed by atoms with Gasteiger partial charge in [0.15, 0.2) is 0 Å². The molecule has 0 aliphatic heterocycles. The van der Waals surface area contributed by atoms with Crippen molar-refractivity contribution < 1.29 is 4.79 Å². The molecule has 0 unspecified atom stereocenters. The Labute approximate surface area is 90.6 Å². The summed E-state index contributed by atoms with van der Waals surface area (Å²) in [7, 11) is 0. The van der Waals surface area contributed by atoms with Gasteiger partial charge in [0.25, 0.3) is 0 Å². The van der Waals surface area contributed by atoms with Crippen LogP contribution in [0.5, 0.6) is 0 Å². The lowest BCUT2D eigenvalue weighted by molar-refractivity contribution is -0.113. The lowest BCUT2D eigenvalue weighted by Crippen LogP contribution is -2.12. The predicted molar refractivity (Wildman–Crippen MR) is 62.1 cm³/mol. The van der Waals surface area contributed by atoms with Gasteiger partial charge >= 0.3 is 0 Å². The first-order valence-corrected chi connectivity index (χ1v) is 5.55. The van der Waals surface area contributed by atoms with Crippen molar-refractivity contribution in [3.8, 4) is 0 Å². The molecule has 0 saturated carbocycles. The highest BCUT2D eigenvalue weighted by Gasteiger charge is 2.01. The molecule has 0 radical (unpaired) electrons. The minimum absolute atomic E-state index is 0.0998. The first kappa shape index (κ1) is 9.48. The summed E-state index contributed by atoms with van der Waals surface area (Å²) >= 11 is 5.44. The lowest BCUT2D eigenvalue weighted by atomic mass is 10.3. The summed E-state index contributed by atoms with van der Waals surface area (Å²) in [6.07, 6.45) is 0. The number of thiol groups is 1. The van der Waals surface area contributed by atoms with E-state index in [9.17, 15) is 4.79 Å². The summed E-state index contributed by atoms with van der Waals surface area (Å²) in [6, 6.07) is 5.64. The van der Waals surface area contributed by atoms with E-state index in [1.807, 2.05) is 18.2 Å². The van der Waals surface area contributed by atoms with E-state index >= 15 is 0 Å². The smallest absolute Gasteiger partial charge is 0.234 e. The molecule has 0 spiro atoms. The van der Waals surface area contributed by atoms with Gasteiger partial charge < -0.3 is 5.32 Å². The lowest BCUT2D eigenvalue weighted by Gasteiger charge is -2.01. The van der Waals surface area contributed by atoms with Crippen LogP contribution in [0, 0.1) is 0 Å². The molecule has 1 aromatic carbocycles. The molecule has 1 aromatic heterocycles. The summed E-state index contributed by atoms with van der Waals surface area (Å²) in [5.41, 5.74) is 3.54. The van der Waals surface area contributed by atoms with Crippen LogP contribution in [0.2, 0.25) is 0 Å². The highest BCUT2D eigenvalue weighted by atomic mass is 32.1. The van der Waals surface area contributed by atoms with Gasteiger partial charge in [-0.15, -0.1) is 11.3 Å². The van der Waals surface area contributed by atoms with Crippen molar-refractivity contribution in [2.75, 3.05) is 11.1 Å². The van der Waals surface area contributed by atoms with Gasteiger partial charge in [-0.25, -0.2) is 4.98 Å². The number of nitrogens with one attached hydrogen (secondary N) is 1. The molecule has 72 valence electrons. The summed E-state index contributed by atoms with van der Waals surface area (Å²) in [6.45, 7) is 0. The molecule has 2 aromatic rings. The van der Waals surface area contributed by atoms with Gasteiger partial charge in [0.1, 0.15) is 0 Å². The van der Waals surface area contributed by atoms with Crippen LogP contribution >= 0.6 is 24.0 Å². The number of benzene rings is 1. The first-order chi connectivity index (χ1) is 6.79. The average Bonchev–Trinajstić information content (AvgIpc) is 2.64. The Bertz CT molecular complexity index is 467. The van der Waals surface area contributed by atoms with Crippen molar-refractivity contribution in [2.45, 2.75) is 0 Å². The van der Waals surface area contributed by atoms with Crippen LogP contribution in [0.1, 0.15) is 0 Å². The molecule has 1 heterocycles. The molecule has 2 rings (SSSR count). The Balaban J connectivity index is 2.30. The fourth-order valence-corrected chi connectivity index (χ4v) is 1.93. The van der Waals surface area contributed by atoms with Crippen LogP contribution in [-0.2, 0) is 4.79 Å². The van der Waals surface area contributed by atoms with Crippen LogP contribution in [0.4, 0.5) is 5.69 Å². The number of hydrogen-bond donors (Lipinski definition) is 2. The van der Waals surface area contributed by atoms with Crippen molar-refractivity contribution in [3.05, 3.63) is 23.7 Å². The van der Waals surface area contributed by atoms with E-state index < -0.39 is 0 Å². The zero-order valence-corrected chi connectivity index (χ0v) is 8.94. The molecule has 0 bridgehead atoms. The third kappa shape index (κ3) is 1.88. The average molecular weight is 224 g/mol. The highest BCUT2D eigenvalue weighted by molar-refractivity contribution is 7.81. The van der Waals surface area contributed by atoms with E-state index in [0.29, 0.717) is 0 Å². The van der Waals surface area contributed by atoms with Gasteiger partial charge in [0, 0.05) is 5.69 Å². The molecule has 0 aliphatic carbocycles. The monoisotopic (exact) mass is 224 g/mol. The fraction of sp³-hybridized carbons (Fsp3) is 0.111. The number of anilines is 1. The number of carbonyl (C=O) groups is 1. The van der Waals surface area contributed by atoms with Gasteiger partial charge in [0.05, 0.1) is 21.5 Å². The second-order valence-corrected chi connectivity index (χ2v) is 3.94. The SMILES string of the molecule is O=C(CS)Nc1ccc2ncsc2c1. The molecule has 5 heteroatoms. The number of thiazole rings is 1. The maximum atomic E-state index is 11.1. The molecule has 0 atom stereocenters. The number of nitrogens with zero attached hydrogens (tertiary/aromatic N) is 1. The molecular formula is C9H8N2OS2. The molecule has 14 heavy (non-hydrogen) atoms. The molecule has 1 amide bonds. The summed E-state index contributed by atoms with van der Waals surface area (Å²) in [5, 5.41) is 2.74. The van der Waals surface area contributed by atoms with Crippen LogP contribution in [-0.4, -0.2) is 16.6 Å². The van der Waals surface area contributed by atoms with E-state index in [2.05, 4.69) is 22.9 Å². The van der Waals surface area contributed by atoms with Crippen LogP contribution < -0.4 is 5.32 Å². The second-order valence-electron chi connectivity index (χ2n) is 2.74. The number of amides is 1. The van der Waals surface area contributed by atoms with Crippen molar-refractivity contribution in [1.82, 2.24) is 4.98 Å². The Morgan fingerprint density at radius 2 is 2.43 bits per heavy atom. The van der Waals surface area contributed by atoms with E-state index in [0.717, 1.165) is 15.9 Å². The summed E-state index contributed by atoms with van der Waals surface area (Å²) < 4.78 is 1.07. The van der Waals surface area contributed by atoms with Gasteiger partial charge in [-0.05, 0) is 18.2 Å². The topological polar surface area (TPSA) is 42.0 Å². The minimum Gasteiger partial charge on any atom is -0.325 e. The van der Waals surface area contributed by atoms with Crippen LogP contribution in [0.3, 0.4) is 0 Å². The maximum Gasteiger partial charge on any atom is 0.234 e. The number of aromatic nitrogens is 1. The largest absolute Gasteiger partial charge is 0.325 e. The third-order valence-electron chi connectivity index (χ3n) is 1.76. The summed E-state index contributed by atoms with van der Waals surface area (Å²) in [4.78, 5) is 15.2. The van der Waals surface area contributed by atoms with Crippen molar-refractivity contribution in [1.29, 1.82) is 0 Å². The number of carbonyl (C=O) groups excluding carboxylic acids is 1. The first-order valence-electron chi connectivity index (χ1n) is 4.03. The van der Waals surface area contributed by atoms with Crippen molar-refractivity contribution in [3.63, 3.8) is 0 Å². The predicted octanol–water partition coefficient (Wildman–Crippen LogP) is 2.16. The number of fused-ring (bicyclic) bond motifs is 1. The molecule has 0 aliphatic rings. The quantitative estimate of drug-likeness (QED) is 0.768. The van der Waals surface area contributed by atoms with Crippen LogP contribution in [0.25, 0.3) is 10.2 Å². The second kappa shape index (κ2) is 3.98. The Morgan fingerprint density at radius 1 is 1.57 bits per heavy atom. The zero-order chi connectivity index (χ0) is 9.97. The Morgan fingerprint density at radius 3 is 3.21 bits per heavy atom. The van der Waals surface area contributed by atoms with Gasteiger partial charge in [-0.2, -0.15) is 12.6 Å². The van der Waals surface area contributed by atoms with E-state index in [4.69, 9.17) is 0 Å². The van der Waals surface area contributed by atoms with E-state index in [1.165, 1.54) is 0 Å². The summed E-state index contributed by atoms with van der Waals surface area (Å²) in [5.74, 6) is 0.0954. The molecule has 3 nitrogen and oxygen atoms in total. The molecular weight excluding hydrogens is 216 g/mol. The molecule has 0 saturated heterocycles. The zero-order valence-electron chi connectivity index (χ0n) is 7.23. The van der Waals surface area contributed by atoms with Crippen molar-refractivity contribution in [2.24, 2.45) is 0 Å². The normalized spacial score (nSPS) is 10.4. The van der Waals surface area contributed by atoms with E-state index in [1.54, 1.807) is 16.8 Å². The Hall–Kier alpha value is -1.07. The maximum absolute atomic E-state index is 11.1. The molecule has 1 N–H and O–H groups in total. The van der Waals surface area contributed by atoms with E-state index in [-0.39, 0.29) is 11.7 Å².